The molecule has 1 N–H and O–H groups in total. The van der Waals surface area contributed by atoms with Crippen LogP contribution >= 0.6 is 0 Å². The van der Waals surface area contributed by atoms with Gasteiger partial charge < -0.3 is 10.2 Å². The Kier molecular flexibility index (Phi) is 3.16. The molecule has 2 aliphatic rings. The summed E-state index contributed by atoms with van der Waals surface area (Å²) in [6.07, 6.45) is 5.09. The van der Waals surface area contributed by atoms with E-state index in [4.69, 9.17) is 0 Å². The van der Waals surface area contributed by atoms with Crippen molar-refractivity contribution in [1.29, 1.82) is 0 Å². The minimum absolute atomic E-state index is 0.593. The van der Waals surface area contributed by atoms with Gasteiger partial charge in [0.15, 0.2) is 0 Å². The minimum atomic E-state index is 0.593. The van der Waals surface area contributed by atoms with Crippen LogP contribution in [0.3, 0.4) is 0 Å². The molecule has 0 amide bonds. The van der Waals surface area contributed by atoms with Gasteiger partial charge in [0.05, 0.1) is 11.4 Å². The van der Waals surface area contributed by atoms with Gasteiger partial charge in [0, 0.05) is 18.6 Å². The number of rotatable bonds is 4. The zero-order valence-electron chi connectivity index (χ0n) is 11.2. The maximum absolute atomic E-state index is 4.60. The van der Waals surface area contributed by atoms with Crippen molar-refractivity contribution < 1.29 is 0 Å². The van der Waals surface area contributed by atoms with Crippen LogP contribution in [-0.2, 0) is 0 Å². The van der Waals surface area contributed by atoms with Gasteiger partial charge in [-0.05, 0) is 46.1 Å². The minimum Gasteiger partial charge on any atom is -0.335 e. The number of nitrogens with one attached hydrogen (secondary N) is 1. The van der Waals surface area contributed by atoms with Gasteiger partial charge in [-0.15, -0.1) is 5.10 Å². The predicted octanol–water partition coefficient (Wildman–Crippen LogP) is 1.21. The smallest absolute Gasteiger partial charge is 0.245 e. The zero-order valence-corrected chi connectivity index (χ0v) is 11.2. The van der Waals surface area contributed by atoms with Crippen LogP contribution in [0, 0.1) is 13.8 Å². The summed E-state index contributed by atoms with van der Waals surface area (Å²) in [4.78, 5) is 6.95. The van der Waals surface area contributed by atoms with E-state index in [1.54, 1.807) is 0 Å². The van der Waals surface area contributed by atoms with Crippen molar-refractivity contribution in [1.82, 2.24) is 20.5 Å². The van der Waals surface area contributed by atoms with Gasteiger partial charge in [0.2, 0.25) is 5.95 Å². The van der Waals surface area contributed by atoms with E-state index in [0.717, 1.165) is 30.4 Å². The highest BCUT2D eigenvalue weighted by molar-refractivity contribution is 5.34. The molecule has 1 aliphatic carbocycles. The van der Waals surface area contributed by atoms with Crippen molar-refractivity contribution in [2.75, 3.05) is 18.0 Å². The van der Waals surface area contributed by atoms with Crippen LogP contribution < -0.4 is 10.2 Å². The summed E-state index contributed by atoms with van der Waals surface area (Å²) in [5, 5.41) is 12.0. The van der Waals surface area contributed by atoms with E-state index < -0.39 is 0 Å². The Labute approximate surface area is 108 Å². The Bertz CT molecular complexity index is 423. The first-order chi connectivity index (χ1) is 8.74. The third-order valence-corrected chi connectivity index (χ3v) is 3.90. The molecule has 0 bridgehead atoms. The Balaban J connectivity index is 1.77. The summed E-state index contributed by atoms with van der Waals surface area (Å²) in [5.74, 6) is 0.814. The largest absolute Gasteiger partial charge is 0.335 e. The average Bonchev–Trinajstić information content (AvgIpc) is 3.07. The number of anilines is 1. The van der Waals surface area contributed by atoms with Gasteiger partial charge >= 0.3 is 0 Å². The maximum Gasteiger partial charge on any atom is 0.245 e. The maximum atomic E-state index is 4.60. The second-order valence-electron chi connectivity index (χ2n) is 5.46. The van der Waals surface area contributed by atoms with Crippen molar-refractivity contribution in [3.8, 4) is 0 Å². The van der Waals surface area contributed by atoms with Gasteiger partial charge in [0.25, 0.3) is 0 Å². The van der Waals surface area contributed by atoms with E-state index in [1.165, 1.54) is 25.7 Å². The highest BCUT2D eigenvalue weighted by Crippen LogP contribution is 2.30. The molecule has 0 aromatic carbocycles. The summed E-state index contributed by atoms with van der Waals surface area (Å²) in [6.45, 7) is 6.13. The molecule has 0 radical (unpaired) electrons. The summed E-state index contributed by atoms with van der Waals surface area (Å²) < 4.78 is 0. The number of hydrogen-bond acceptors (Lipinski definition) is 5. The third kappa shape index (κ3) is 2.46. The third-order valence-electron chi connectivity index (χ3n) is 3.90. The Morgan fingerprint density at radius 2 is 2.00 bits per heavy atom. The molecule has 98 valence electrons. The molecule has 1 saturated heterocycles. The highest BCUT2D eigenvalue weighted by Gasteiger charge is 2.33. The van der Waals surface area contributed by atoms with E-state index in [-0.39, 0.29) is 0 Å². The van der Waals surface area contributed by atoms with Crippen LogP contribution in [0.1, 0.15) is 37.1 Å². The Hall–Kier alpha value is -1.23. The number of aryl methyl sites for hydroxylation is 2. The summed E-state index contributed by atoms with van der Waals surface area (Å²) >= 11 is 0. The van der Waals surface area contributed by atoms with Crippen LogP contribution in [0.5, 0.6) is 0 Å². The average molecular weight is 247 g/mol. The van der Waals surface area contributed by atoms with Crippen molar-refractivity contribution in [2.24, 2.45) is 0 Å². The lowest BCUT2D eigenvalue weighted by Gasteiger charge is -2.25. The van der Waals surface area contributed by atoms with Crippen molar-refractivity contribution in [3.05, 3.63) is 11.4 Å². The molecule has 1 atom stereocenters. The van der Waals surface area contributed by atoms with Gasteiger partial charge in [0.1, 0.15) is 0 Å². The van der Waals surface area contributed by atoms with Crippen LogP contribution in [0.4, 0.5) is 5.95 Å². The molecule has 1 aliphatic heterocycles. The van der Waals surface area contributed by atoms with Crippen molar-refractivity contribution in [3.63, 3.8) is 0 Å². The van der Waals surface area contributed by atoms with Crippen molar-refractivity contribution in [2.45, 2.75) is 51.6 Å². The molecule has 0 spiro atoms. The second kappa shape index (κ2) is 4.80. The first-order valence-electron chi connectivity index (χ1n) is 6.92. The van der Waals surface area contributed by atoms with E-state index in [9.17, 15) is 0 Å². The fraction of sp³-hybridized carbons (Fsp3) is 0.769. The van der Waals surface area contributed by atoms with Gasteiger partial charge in [-0.2, -0.15) is 5.10 Å². The van der Waals surface area contributed by atoms with Crippen molar-refractivity contribution >= 4 is 5.95 Å². The molecule has 1 saturated carbocycles. The van der Waals surface area contributed by atoms with Gasteiger partial charge in [-0.3, -0.25) is 0 Å². The first-order valence-corrected chi connectivity index (χ1v) is 6.92. The zero-order chi connectivity index (χ0) is 12.5. The second-order valence-corrected chi connectivity index (χ2v) is 5.46. The van der Waals surface area contributed by atoms with E-state index in [2.05, 4.69) is 25.4 Å². The molecule has 18 heavy (non-hydrogen) atoms. The quantitative estimate of drug-likeness (QED) is 0.866. The number of aromatic nitrogens is 3. The topological polar surface area (TPSA) is 53.9 Å². The predicted molar refractivity (Wildman–Crippen MR) is 70.7 cm³/mol. The Morgan fingerprint density at radius 3 is 2.61 bits per heavy atom. The summed E-state index contributed by atoms with van der Waals surface area (Å²) in [5.41, 5.74) is 1.92. The molecule has 3 rings (SSSR count). The number of hydrogen-bond donors (Lipinski definition) is 1. The Morgan fingerprint density at radius 1 is 1.17 bits per heavy atom. The first kappa shape index (κ1) is 11.8. The molecule has 1 aromatic heterocycles. The molecular weight excluding hydrogens is 226 g/mol. The standard InChI is InChI=1S/C13H21N5/c1-9-10(2)16-17-13(15-9)18(12-5-6-12)8-11-4-3-7-14-11/h11-12,14H,3-8H2,1-2H3. The lowest BCUT2D eigenvalue weighted by Crippen LogP contribution is -2.40. The van der Waals surface area contributed by atoms with Crippen LogP contribution in [0.25, 0.3) is 0 Å². The molecule has 5 heteroatoms. The lowest BCUT2D eigenvalue weighted by molar-refractivity contribution is 0.568. The molecule has 2 fully saturated rings. The van der Waals surface area contributed by atoms with Crippen LogP contribution in [0.2, 0.25) is 0 Å². The van der Waals surface area contributed by atoms with Crippen LogP contribution in [0.15, 0.2) is 0 Å². The van der Waals surface area contributed by atoms with Gasteiger partial charge in [-0.1, -0.05) is 0 Å². The summed E-state index contributed by atoms with van der Waals surface area (Å²) in [7, 11) is 0. The SMILES string of the molecule is Cc1nnc(N(CC2CCCN2)C2CC2)nc1C. The molecule has 1 unspecified atom stereocenters. The summed E-state index contributed by atoms with van der Waals surface area (Å²) in [6, 6.07) is 1.23. The van der Waals surface area contributed by atoms with Gasteiger partial charge in [-0.25, -0.2) is 4.98 Å². The monoisotopic (exact) mass is 247 g/mol. The highest BCUT2D eigenvalue weighted by atomic mass is 15.4. The molecule has 1 aromatic rings. The fourth-order valence-electron chi connectivity index (χ4n) is 2.50. The van der Waals surface area contributed by atoms with E-state index >= 15 is 0 Å². The van der Waals surface area contributed by atoms with E-state index in [0.29, 0.717) is 12.1 Å². The van der Waals surface area contributed by atoms with Crippen LogP contribution in [-0.4, -0.2) is 40.4 Å². The lowest BCUT2D eigenvalue weighted by atomic mass is 10.2. The normalized spacial score (nSPS) is 23.3. The molecule has 5 nitrogen and oxygen atoms in total. The molecular formula is C13H21N5. The molecule has 2 heterocycles. The fourth-order valence-corrected chi connectivity index (χ4v) is 2.50. The number of nitrogens with zero attached hydrogens (tertiary/aromatic N) is 4. The van der Waals surface area contributed by atoms with E-state index in [1.807, 2.05) is 13.8 Å².